The van der Waals surface area contributed by atoms with Crippen LogP contribution in [0.1, 0.15) is 77.7 Å². The highest BCUT2D eigenvalue weighted by Crippen LogP contribution is 2.59. The van der Waals surface area contributed by atoms with E-state index in [0.717, 1.165) is 24.8 Å². The highest BCUT2D eigenvalue weighted by Gasteiger charge is 2.61. The lowest BCUT2D eigenvalue weighted by Gasteiger charge is -2.57. The van der Waals surface area contributed by atoms with Crippen LogP contribution in [0, 0.1) is 29.1 Å². The smallest absolute Gasteiger partial charge is 0.407 e. The third kappa shape index (κ3) is 10.9. The number of carbonyl (C=O) groups excluding carboxylic acids is 6. The van der Waals surface area contributed by atoms with E-state index in [1.165, 1.54) is 0 Å². The number of rotatable bonds is 18. The molecule has 0 spiro atoms. The molecule has 8 atom stereocenters. The lowest BCUT2D eigenvalue weighted by atomic mass is 9.48. The Morgan fingerprint density at radius 2 is 1.82 bits per heavy atom. The summed E-state index contributed by atoms with van der Waals surface area (Å²) >= 11 is 0. The van der Waals surface area contributed by atoms with Gasteiger partial charge >= 0.3 is 12.1 Å². The number of aliphatic hydroxyl groups is 1. The number of alkyl carbamates (subject to hydrolysis) is 1. The number of anilines is 1. The second-order valence-corrected chi connectivity index (χ2v) is 15.7. The van der Waals surface area contributed by atoms with Crippen LogP contribution in [0.5, 0.6) is 0 Å². The van der Waals surface area contributed by atoms with Gasteiger partial charge in [0.1, 0.15) is 26.5 Å². The van der Waals surface area contributed by atoms with E-state index in [2.05, 4.69) is 35.1 Å². The first-order valence-corrected chi connectivity index (χ1v) is 19.9. The van der Waals surface area contributed by atoms with Crippen molar-refractivity contribution in [3.8, 4) is 0 Å². The van der Waals surface area contributed by atoms with E-state index in [9.17, 15) is 33.9 Å². The topological polar surface area (TPSA) is 234 Å². The van der Waals surface area contributed by atoms with Crippen LogP contribution >= 0.6 is 0 Å². The first kappa shape index (κ1) is 43.5. The van der Waals surface area contributed by atoms with Crippen molar-refractivity contribution < 1.29 is 52.8 Å². The number of carbonyl (C=O) groups is 6. The molecular weight excluding hydrogens is 738 g/mol. The zero-order chi connectivity index (χ0) is 41.2. The van der Waals surface area contributed by atoms with E-state index in [0.29, 0.717) is 43.5 Å². The average Bonchev–Trinajstić information content (AvgIpc) is 3.61. The fraction of sp³-hybridized carbons (Fsp3) is 0.610. The van der Waals surface area contributed by atoms with Crippen molar-refractivity contribution in [1.29, 1.82) is 0 Å². The lowest BCUT2D eigenvalue weighted by molar-refractivity contribution is -0.179. The van der Waals surface area contributed by atoms with Gasteiger partial charge in [0.15, 0.2) is 23.5 Å². The molecule has 0 bridgehead atoms. The third-order valence-corrected chi connectivity index (χ3v) is 11.9. The number of nitrogens with one attached hydrogen (secondary N) is 4. The molecule has 57 heavy (non-hydrogen) atoms. The molecule has 7 N–H and O–H groups in total. The first-order chi connectivity index (χ1) is 27.2. The van der Waals surface area contributed by atoms with Crippen molar-refractivity contribution in [3.63, 3.8) is 0 Å². The fourth-order valence-corrected chi connectivity index (χ4v) is 8.95. The molecule has 4 aliphatic rings. The van der Waals surface area contributed by atoms with Crippen LogP contribution in [-0.4, -0.2) is 91.6 Å². The number of ketones is 2. The summed E-state index contributed by atoms with van der Waals surface area (Å²) in [7, 11) is 0. The number of hydrogen-bond donors (Lipinski definition) is 6. The highest BCUT2D eigenvalue weighted by atomic mass is 16.7. The van der Waals surface area contributed by atoms with Crippen LogP contribution in [0.15, 0.2) is 48.1 Å². The number of benzene rings is 1. The molecule has 5 rings (SSSR count). The number of ether oxygens (including phenoxy) is 4. The number of nitrogens with two attached hydrogens (primary N) is 1. The third-order valence-electron chi connectivity index (χ3n) is 11.9. The Balaban J connectivity index is 1.04. The maximum Gasteiger partial charge on any atom is 0.407 e. The number of allylic oxidation sites excluding steroid dienone is 4. The molecule has 1 aliphatic heterocycles. The second kappa shape index (κ2) is 19.7. The van der Waals surface area contributed by atoms with Crippen LogP contribution in [0.4, 0.5) is 15.3 Å². The summed E-state index contributed by atoms with van der Waals surface area (Å²) in [6.45, 7) is 5.54. The van der Waals surface area contributed by atoms with Gasteiger partial charge in [-0.3, -0.25) is 19.2 Å². The number of Topliss-reactive ketones (excluding diaryl/α,β-unsaturated/α-hetero) is 1. The van der Waals surface area contributed by atoms with Gasteiger partial charge in [0, 0.05) is 35.9 Å². The highest BCUT2D eigenvalue weighted by molar-refractivity contribution is 6.01. The first-order valence-electron chi connectivity index (χ1n) is 19.9. The molecule has 0 radical (unpaired) electrons. The minimum Gasteiger partial charge on any atom is -0.445 e. The molecule has 3 fully saturated rings. The van der Waals surface area contributed by atoms with E-state index in [1.807, 2.05) is 13.0 Å². The van der Waals surface area contributed by atoms with Gasteiger partial charge in [0.05, 0.1) is 12.7 Å². The summed E-state index contributed by atoms with van der Waals surface area (Å²) in [5, 5.41) is 21.9. The molecule has 3 aliphatic carbocycles. The van der Waals surface area contributed by atoms with Crippen molar-refractivity contribution in [2.45, 2.75) is 96.7 Å². The van der Waals surface area contributed by atoms with Crippen LogP contribution in [-0.2, 0) is 44.7 Å². The van der Waals surface area contributed by atoms with Gasteiger partial charge < -0.3 is 51.1 Å². The fourth-order valence-electron chi connectivity index (χ4n) is 8.95. The summed E-state index contributed by atoms with van der Waals surface area (Å²) in [6.07, 6.45) is 7.86. The molecular formula is C41H57N5O11. The van der Waals surface area contributed by atoms with Crippen molar-refractivity contribution in [2.75, 3.05) is 38.4 Å². The Bertz CT molecular complexity index is 1700. The molecule has 4 unspecified atom stereocenters. The summed E-state index contributed by atoms with van der Waals surface area (Å²) in [4.78, 5) is 73.7. The van der Waals surface area contributed by atoms with Gasteiger partial charge in [-0.25, -0.2) is 9.59 Å². The molecule has 1 aromatic carbocycles. The zero-order valence-electron chi connectivity index (χ0n) is 33.0. The molecule has 312 valence electrons. The Kier molecular flexibility index (Phi) is 15.0. The van der Waals surface area contributed by atoms with E-state index >= 15 is 0 Å². The molecule has 0 aromatic heterocycles. The number of fused-ring (bicyclic) bond motifs is 3. The van der Waals surface area contributed by atoms with Gasteiger partial charge in [-0.05, 0) is 80.2 Å². The van der Waals surface area contributed by atoms with Crippen LogP contribution in [0.3, 0.4) is 0 Å². The van der Waals surface area contributed by atoms with Gasteiger partial charge in [0.25, 0.3) is 0 Å². The molecule has 16 nitrogen and oxygen atoms in total. The maximum absolute atomic E-state index is 14.1. The number of primary amides is 1. The minimum atomic E-state index is -1.34. The number of hydrogen-bond acceptors (Lipinski definition) is 11. The normalized spacial score (nSPS) is 29.0. The van der Waals surface area contributed by atoms with Crippen molar-refractivity contribution in [2.24, 2.45) is 34.8 Å². The number of urea groups is 1. The van der Waals surface area contributed by atoms with Crippen molar-refractivity contribution in [3.05, 3.63) is 53.6 Å². The van der Waals surface area contributed by atoms with Crippen LogP contribution in [0.25, 0.3) is 0 Å². The van der Waals surface area contributed by atoms with Crippen molar-refractivity contribution >= 4 is 41.2 Å². The maximum atomic E-state index is 14.1. The van der Waals surface area contributed by atoms with E-state index in [4.69, 9.17) is 24.7 Å². The predicted molar refractivity (Wildman–Crippen MR) is 207 cm³/mol. The van der Waals surface area contributed by atoms with Gasteiger partial charge in [-0.15, -0.1) is 0 Å². The van der Waals surface area contributed by atoms with Gasteiger partial charge in [-0.2, -0.15) is 0 Å². The number of unbranched alkanes of at least 4 members (excludes halogenated alkanes) is 1. The molecule has 16 heteroatoms. The summed E-state index contributed by atoms with van der Waals surface area (Å²) < 4.78 is 23.3. The zero-order valence-corrected chi connectivity index (χ0v) is 33.0. The van der Waals surface area contributed by atoms with E-state index in [-0.39, 0.29) is 74.1 Å². The Morgan fingerprint density at radius 3 is 2.56 bits per heavy atom. The average molecular weight is 796 g/mol. The Hall–Kier alpha value is -4.64. The Morgan fingerprint density at radius 1 is 1.05 bits per heavy atom. The molecule has 1 heterocycles. The second-order valence-electron chi connectivity index (χ2n) is 15.7. The predicted octanol–water partition coefficient (Wildman–Crippen LogP) is 3.38. The summed E-state index contributed by atoms with van der Waals surface area (Å²) in [5.41, 5.74) is 5.52. The summed E-state index contributed by atoms with van der Waals surface area (Å²) in [6, 6.07) is 6.13. The molecule has 2 saturated carbocycles. The van der Waals surface area contributed by atoms with Gasteiger partial charge in [0.2, 0.25) is 11.8 Å². The molecule has 1 saturated heterocycles. The van der Waals surface area contributed by atoms with Crippen LogP contribution < -0.4 is 27.0 Å². The van der Waals surface area contributed by atoms with Crippen molar-refractivity contribution in [1.82, 2.24) is 16.0 Å². The minimum absolute atomic E-state index is 0.00494. The SMILES string of the molecule is CCCC1OC[C@](C(=O)COCNC(=O)CNC(=O)OCc2ccc(NC(=O)CCCCNC(N)=O)cc2)(C2C[C@H](O)C3[C@@H](CCC4=CC(=O)C=C[C@@]43C)C2C)O1. The quantitative estimate of drug-likeness (QED) is 0.0931. The molecule has 5 amide bonds. The van der Waals surface area contributed by atoms with Crippen LogP contribution in [0.2, 0.25) is 0 Å². The standard InChI is InChI=1S/C41H57N5O11/c1-4-7-36-56-23-41(57-36,31-19-32(48)37-30(25(31)2)14-11-27-18-29(47)15-16-40(27,37)3)33(49)22-54-24-45-35(51)20-44-39(53)55-21-26-9-12-28(13-10-26)46-34(50)8-5-6-17-43-38(42)52/h9-10,12-13,15-16,18,25,30-32,36-37,48H,4-8,11,14,17,19-24H2,1-3H3,(H,44,53)(H,45,51)(H,46,50)(H3,42,43,52)/t25?,30-,31?,32-,36?,37?,40-,41+/m0/s1. The molecule has 1 aromatic rings. The largest absolute Gasteiger partial charge is 0.445 e. The van der Waals surface area contributed by atoms with Gasteiger partial charge in [-0.1, -0.05) is 51.0 Å². The van der Waals surface area contributed by atoms with E-state index < -0.39 is 48.0 Å². The lowest BCUT2D eigenvalue weighted by Crippen LogP contribution is -2.60. The number of aliphatic hydroxyl groups excluding tert-OH is 1. The number of amides is 5. The van der Waals surface area contributed by atoms with E-state index in [1.54, 1.807) is 36.4 Å². The summed E-state index contributed by atoms with van der Waals surface area (Å²) in [5.74, 6) is -1.47. The monoisotopic (exact) mass is 795 g/mol. The Labute approximate surface area is 333 Å².